The third-order valence-electron chi connectivity index (χ3n) is 2.74. The van der Waals surface area contributed by atoms with E-state index in [0.29, 0.717) is 13.0 Å². The minimum atomic E-state index is -0.107. The van der Waals surface area contributed by atoms with Crippen molar-refractivity contribution in [2.45, 2.75) is 39.8 Å². The van der Waals surface area contributed by atoms with Crippen molar-refractivity contribution in [3.8, 4) is 0 Å². The SMILES string of the molecule is CCOC(=O)CC(C)N(CC)Cc1cccs1. The molecule has 0 saturated heterocycles. The number of ether oxygens (including phenoxy) is 1. The number of thiophene rings is 1. The summed E-state index contributed by atoms with van der Waals surface area (Å²) in [7, 11) is 0. The maximum Gasteiger partial charge on any atom is 0.307 e. The van der Waals surface area contributed by atoms with Gasteiger partial charge in [0.1, 0.15) is 0 Å². The van der Waals surface area contributed by atoms with Crippen LogP contribution >= 0.6 is 11.3 Å². The van der Waals surface area contributed by atoms with E-state index >= 15 is 0 Å². The Labute approximate surface area is 107 Å². The third-order valence-corrected chi connectivity index (χ3v) is 3.60. The Morgan fingerprint density at radius 2 is 2.29 bits per heavy atom. The molecule has 1 heterocycles. The Morgan fingerprint density at radius 3 is 2.82 bits per heavy atom. The standard InChI is InChI=1S/C13H21NO2S/c1-4-14(10-12-7-6-8-17-12)11(3)9-13(15)16-5-2/h6-8,11H,4-5,9-10H2,1-3H3. The number of esters is 1. The number of carbonyl (C=O) groups is 1. The van der Waals surface area contributed by atoms with Gasteiger partial charge in [0.15, 0.2) is 0 Å². The molecular weight excluding hydrogens is 234 g/mol. The number of rotatable bonds is 7. The third kappa shape index (κ3) is 4.88. The highest BCUT2D eigenvalue weighted by molar-refractivity contribution is 7.09. The molecule has 0 fully saturated rings. The fourth-order valence-corrected chi connectivity index (χ4v) is 2.50. The van der Waals surface area contributed by atoms with Gasteiger partial charge >= 0.3 is 5.97 Å². The molecule has 96 valence electrons. The van der Waals surface area contributed by atoms with Gasteiger partial charge in [0.2, 0.25) is 0 Å². The van der Waals surface area contributed by atoms with Crippen LogP contribution in [0.1, 0.15) is 32.1 Å². The minimum absolute atomic E-state index is 0.107. The summed E-state index contributed by atoms with van der Waals surface area (Å²) < 4.78 is 4.98. The topological polar surface area (TPSA) is 29.5 Å². The Hall–Kier alpha value is -0.870. The van der Waals surface area contributed by atoms with Crippen LogP contribution in [0.3, 0.4) is 0 Å². The molecule has 1 rings (SSSR count). The van der Waals surface area contributed by atoms with Crippen LogP contribution in [0.25, 0.3) is 0 Å². The molecule has 17 heavy (non-hydrogen) atoms. The van der Waals surface area contributed by atoms with Crippen molar-refractivity contribution >= 4 is 17.3 Å². The number of hydrogen-bond acceptors (Lipinski definition) is 4. The molecule has 0 radical (unpaired) electrons. The van der Waals surface area contributed by atoms with Crippen LogP contribution in [0.2, 0.25) is 0 Å². The maximum absolute atomic E-state index is 11.4. The molecule has 1 atom stereocenters. The molecule has 3 nitrogen and oxygen atoms in total. The summed E-state index contributed by atoms with van der Waals surface area (Å²) in [5, 5.41) is 2.08. The fraction of sp³-hybridized carbons (Fsp3) is 0.615. The summed E-state index contributed by atoms with van der Waals surface area (Å²) in [4.78, 5) is 15.1. The van der Waals surface area contributed by atoms with Crippen molar-refractivity contribution in [2.24, 2.45) is 0 Å². The van der Waals surface area contributed by atoms with Crippen LogP contribution in [0.4, 0.5) is 0 Å². The zero-order valence-corrected chi connectivity index (χ0v) is 11.6. The van der Waals surface area contributed by atoms with Gasteiger partial charge in [0.05, 0.1) is 13.0 Å². The molecule has 1 unspecified atom stereocenters. The molecule has 0 aliphatic heterocycles. The second kappa shape index (κ2) is 7.45. The summed E-state index contributed by atoms with van der Waals surface area (Å²) in [6, 6.07) is 4.41. The summed E-state index contributed by atoms with van der Waals surface area (Å²) in [6.07, 6.45) is 0.465. The van der Waals surface area contributed by atoms with Gasteiger partial charge in [-0.1, -0.05) is 13.0 Å². The van der Waals surface area contributed by atoms with E-state index in [1.807, 2.05) is 6.92 Å². The Kier molecular flexibility index (Phi) is 6.22. The first-order chi connectivity index (χ1) is 8.17. The largest absolute Gasteiger partial charge is 0.466 e. The highest BCUT2D eigenvalue weighted by Crippen LogP contribution is 2.15. The molecule has 0 amide bonds. The summed E-state index contributed by atoms with van der Waals surface area (Å²) in [5.41, 5.74) is 0. The average molecular weight is 255 g/mol. The van der Waals surface area contributed by atoms with Crippen molar-refractivity contribution in [3.05, 3.63) is 22.4 Å². The van der Waals surface area contributed by atoms with Crippen molar-refractivity contribution in [1.82, 2.24) is 4.90 Å². The second-order valence-corrected chi connectivity index (χ2v) is 5.03. The van der Waals surface area contributed by atoms with E-state index in [2.05, 4.69) is 36.3 Å². The molecule has 0 N–H and O–H groups in total. The van der Waals surface area contributed by atoms with Crippen LogP contribution in [-0.4, -0.2) is 30.1 Å². The van der Waals surface area contributed by atoms with Crippen LogP contribution in [-0.2, 0) is 16.1 Å². The maximum atomic E-state index is 11.4. The van der Waals surface area contributed by atoms with Gasteiger partial charge in [-0.15, -0.1) is 11.3 Å². The summed E-state index contributed by atoms with van der Waals surface area (Å²) in [6.45, 7) is 8.35. The summed E-state index contributed by atoms with van der Waals surface area (Å²) in [5.74, 6) is -0.107. The van der Waals surface area contributed by atoms with Gasteiger partial charge in [0.25, 0.3) is 0 Å². The Morgan fingerprint density at radius 1 is 1.53 bits per heavy atom. The molecule has 0 aromatic carbocycles. The van der Waals surface area contributed by atoms with E-state index < -0.39 is 0 Å². The van der Waals surface area contributed by atoms with Gasteiger partial charge in [-0.25, -0.2) is 0 Å². The fourth-order valence-electron chi connectivity index (χ4n) is 1.77. The molecule has 0 aliphatic rings. The molecule has 0 aliphatic carbocycles. The Balaban J connectivity index is 2.46. The van der Waals surface area contributed by atoms with E-state index in [0.717, 1.165) is 13.1 Å². The lowest BCUT2D eigenvalue weighted by Gasteiger charge is -2.26. The van der Waals surface area contributed by atoms with Crippen molar-refractivity contribution < 1.29 is 9.53 Å². The highest BCUT2D eigenvalue weighted by atomic mass is 32.1. The molecule has 1 aromatic rings. The van der Waals surface area contributed by atoms with E-state index in [1.54, 1.807) is 11.3 Å². The lowest BCUT2D eigenvalue weighted by atomic mass is 10.2. The molecule has 0 spiro atoms. The zero-order chi connectivity index (χ0) is 12.7. The van der Waals surface area contributed by atoms with E-state index in [1.165, 1.54) is 4.88 Å². The molecule has 0 saturated carbocycles. The van der Waals surface area contributed by atoms with Crippen LogP contribution in [0.15, 0.2) is 17.5 Å². The number of hydrogen-bond donors (Lipinski definition) is 0. The van der Waals surface area contributed by atoms with E-state index in [9.17, 15) is 4.79 Å². The van der Waals surface area contributed by atoms with Crippen LogP contribution in [0.5, 0.6) is 0 Å². The van der Waals surface area contributed by atoms with E-state index in [4.69, 9.17) is 4.74 Å². The van der Waals surface area contributed by atoms with Gasteiger partial charge in [0, 0.05) is 17.5 Å². The van der Waals surface area contributed by atoms with Gasteiger partial charge in [-0.05, 0) is 31.8 Å². The minimum Gasteiger partial charge on any atom is -0.466 e. The summed E-state index contributed by atoms with van der Waals surface area (Å²) >= 11 is 1.76. The molecular formula is C13H21NO2S. The van der Waals surface area contributed by atoms with Crippen LogP contribution in [0, 0.1) is 0 Å². The first-order valence-electron chi connectivity index (χ1n) is 6.09. The van der Waals surface area contributed by atoms with Gasteiger partial charge in [-0.2, -0.15) is 0 Å². The molecule has 1 aromatic heterocycles. The number of nitrogens with zero attached hydrogens (tertiary/aromatic N) is 1. The second-order valence-electron chi connectivity index (χ2n) is 4.00. The van der Waals surface area contributed by atoms with Gasteiger partial charge in [-0.3, -0.25) is 9.69 Å². The van der Waals surface area contributed by atoms with Crippen molar-refractivity contribution in [2.75, 3.05) is 13.2 Å². The Bertz CT molecular complexity index is 324. The first kappa shape index (κ1) is 14.2. The predicted octanol–water partition coefficient (Wildman–Crippen LogP) is 2.91. The molecule has 4 heteroatoms. The van der Waals surface area contributed by atoms with Crippen molar-refractivity contribution in [1.29, 1.82) is 0 Å². The zero-order valence-electron chi connectivity index (χ0n) is 10.8. The highest BCUT2D eigenvalue weighted by Gasteiger charge is 2.17. The monoisotopic (exact) mass is 255 g/mol. The smallest absolute Gasteiger partial charge is 0.307 e. The van der Waals surface area contributed by atoms with Crippen LogP contribution < -0.4 is 0 Å². The quantitative estimate of drug-likeness (QED) is 0.702. The van der Waals surface area contributed by atoms with Gasteiger partial charge < -0.3 is 4.74 Å². The van der Waals surface area contributed by atoms with Crippen molar-refractivity contribution in [3.63, 3.8) is 0 Å². The number of carbonyl (C=O) groups excluding carboxylic acids is 1. The lowest BCUT2D eigenvalue weighted by molar-refractivity contribution is -0.144. The predicted molar refractivity (Wildman–Crippen MR) is 71.1 cm³/mol. The lowest BCUT2D eigenvalue weighted by Crippen LogP contribution is -2.34. The van der Waals surface area contributed by atoms with E-state index in [-0.39, 0.29) is 12.0 Å². The molecule has 0 bridgehead atoms. The first-order valence-corrected chi connectivity index (χ1v) is 6.97. The average Bonchev–Trinajstić information content (AvgIpc) is 2.78. The normalized spacial score (nSPS) is 12.7.